The summed E-state index contributed by atoms with van der Waals surface area (Å²) >= 11 is 5.94. The Hall–Kier alpha value is -1.89. The predicted molar refractivity (Wildman–Crippen MR) is 101 cm³/mol. The van der Waals surface area contributed by atoms with Crippen LogP contribution in [0, 0.1) is 0 Å². The van der Waals surface area contributed by atoms with Gasteiger partial charge in [-0.25, -0.2) is 0 Å². The predicted octanol–water partition coefficient (Wildman–Crippen LogP) is 2.10. The highest BCUT2D eigenvalue weighted by molar-refractivity contribution is 6.30. The fraction of sp³-hybridized carbons (Fsp3) is 0.474. The molecule has 0 atom stereocenters. The monoisotopic (exact) mass is 373 g/mol. The van der Waals surface area contributed by atoms with Crippen LogP contribution in [0.2, 0.25) is 5.02 Å². The first-order chi connectivity index (χ1) is 12.7. The number of hydrogen-bond acceptors (Lipinski definition) is 4. The summed E-state index contributed by atoms with van der Waals surface area (Å²) in [5, 5.41) is 14.5. The summed E-state index contributed by atoms with van der Waals surface area (Å²) in [7, 11) is 0. The number of carbonyl (C=O) groups is 1. The van der Waals surface area contributed by atoms with Gasteiger partial charge in [0, 0.05) is 61.5 Å². The van der Waals surface area contributed by atoms with Crippen molar-refractivity contribution < 1.29 is 4.79 Å². The van der Waals surface area contributed by atoms with Crippen LogP contribution in [0.15, 0.2) is 24.3 Å². The van der Waals surface area contributed by atoms with E-state index >= 15 is 0 Å². The molecule has 26 heavy (non-hydrogen) atoms. The summed E-state index contributed by atoms with van der Waals surface area (Å²) in [6.45, 7) is 4.54. The van der Waals surface area contributed by atoms with Crippen molar-refractivity contribution >= 4 is 17.5 Å². The van der Waals surface area contributed by atoms with Crippen molar-refractivity contribution in [2.24, 2.45) is 0 Å². The Labute approximate surface area is 158 Å². The van der Waals surface area contributed by atoms with E-state index in [4.69, 9.17) is 11.6 Å². The maximum atomic E-state index is 12.6. The number of H-pyrrole nitrogens is 1. The summed E-state index contributed by atoms with van der Waals surface area (Å²) in [5.41, 5.74) is 3.93. The minimum Gasteiger partial charge on any atom is -0.348 e. The van der Waals surface area contributed by atoms with E-state index in [1.165, 1.54) is 5.56 Å². The summed E-state index contributed by atoms with van der Waals surface area (Å²) in [5.74, 6) is -0.0534. The SMILES string of the molecule is O=C(NC1CCN(Cc2ccc(Cl)cc2)CC1)c1n[nH]c2c1CNCC2. The van der Waals surface area contributed by atoms with Gasteiger partial charge in [-0.05, 0) is 30.5 Å². The minimum atomic E-state index is -0.0534. The Bertz CT molecular complexity index is 765. The second-order valence-electron chi connectivity index (χ2n) is 7.11. The van der Waals surface area contributed by atoms with Crippen molar-refractivity contribution in [3.8, 4) is 0 Å². The van der Waals surface area contributed by atoms with Crippen LogP contribution >= 0.6 is 11.6 Å². The molecule has 0 spiro atoms. The van der Waals surface area contributed by atoms with Gasteiger partial charge >= 0.3 is 0 Å². The van der Waals surface area contributed by atoms with Crippen LogP contribution < -0.4 is 10.6 Å². The number of aromatic nitrogens is 2. The molecule has 7 heteroatoms. The third kappa shape index (κ3) is 3.92. The molecule has 3 heterocycles. The molecule has 0 radical (unpaired) electrons. The zero-order chi connectivity index (χ0) is 17.9. The van der Waals surface area contributed by atoms with Crippen molar-refractivity contribution in [1.29, 1.82) is 0 Å². The second-order valence-corrected chi connectivity index (χ2v) is 7.54. The third-order valence-corrected chi connectivity index (χ3v) is 5.52. The smallest absolute Gasteiger partial charge is 0.272 e. The van der Waals surface area contributed by atoms with Gasteiger partial charge in [-0.2, -0.15) is 5.10 Å². The van der Waals surface area contributed by atoms with E-state index in [1.54, 1.807) is 0 Å². The number of fused-ring (bicyclic) bond motifs is 1. The van der Waals surface area contributed by atoms with E-state index in [1.807, 2.05) is 12.1 Å². The van der Waals surface area contributed by atoms with Gasteiger partial charge in [0.2, 0.25) is 0 Å². The van der Waals surface area contributed by atoms with Crippen LogP contribution in [0.25, 0.3) is 0 Å². The van der Waals surface area contributed by atoms with Gasteiger partial charge in [0.05, 0.1) is 0 Å². The minimum absolute atomic E-state index is 0.0534. The molecule has 0 bridgehead atoms. The number of aromatic amines is 1. The van der Waals surface area contributed by atoms with Gasteiger partial charge in [0.1, 0.15) is 0 Å². The summed E-state index contributed by atoms with van der Waals surface area (Å²) < 4.78 is 0. The Morgan fingerprint density at radius 2 is 2.04 bits per heavy atom. The van der Waals surface area contributed by atoms with Gasteiger partial charge in [-0.3, -0.25) is 14.8 Å². The van der Waals surface area contributed by atoms with Crippen molar-refractivity contribution in [2.45, 2.75) is 38.4 Å². The molecule has 0 aliphatic carbocycles. The number of piperidine rings is 1. The lowest BCUT2D eigenvalue weighted by molar-refractivity contribution is 0.0902. The second kappa shape index (κ2) is 7.78. The van der Waals surface area contributed by atoms with E-state index in [2.05, 4.69) is 37.9 Å². The number of benzene rings is 1. The van der Waals surface area contributed by atoms with Gasteiger partial charge < -0.3 is 10.6 Å². The average Bonchev–Trinajstić information content (AvgIpc) is 3.09. The zero-order valence-electron chi connectivity index (χ0n) is 14.7. The number of hydrogen-bond donors (Lipinski definition) is 3. The number of carbonyl (C=O) groups excluding carboxylic acids is 1. The Kier molecular flexibility index (Phi) is 5.24. The first kappa shape index (κ1) is 17.5. The van der Waals surface area contributed by atoms with Crippen molar-refractivity contribution in [1.82, 2.24) is 25.7 Å². The van der Waals surface area contributed by atoms with E-state index < -0.39 is 0 Å². The quantitative estimate of drug-likeness (QED) is 0.767. The highest BCUT2D eigenvalue weighted by atomic mass is 35.5. The van der Waals surface area contributed by atoms with Crippen LogP contribution in [0.3, 0.4) is 0 Å². The maximum Gasteiger partial charge on any atom is 0.272 e. The normalized spacial score (nSPS) is 18.5. The van der Waals surface area contributed by atoms with E-state index in [0.29, 0.717) is 12.2 Å². The van der Waals surface area contributed by atoms with Crippen molar-refractivity contribution in [3.63, 3.8) is 0 Å². The molecule has 1 saturated heterocycles. The van der Waals surface area contributed by atoms with Crippen LogP contribution in [0.4, 0.5) is 0 Å². The molecule has 0 saturated carbocycles. The molecule has 6 nitrogen and oxygen atoms in total. The molecule has 2 aromatic rings. The summed E-state index contributed by atoms with van der Waals surface area (Å²) in [4.78, 5) is 15.0. The molecule has 1 aromatic carbocycles. The van der Waals surface area contributed by atoms with Crippen LogP contribution in [-0.2, 0) is 19.5 Å². The maximum absolute atomic E-state index is 12.6. The van der Waals surface area contributed by atoms with Crippen molar-refractivity contribution in [3.05, 3.63) is 51.8 Å². The van der Waals surface area contributed by atoms with E-state index in [-0.39, 0.29) is 11.9 Å². The standard InChI is InChI=1S/C19H24ClN5O/c20-14-3-1-13(2-4-14)12-25-9-6-15(7-10-25)22-19(26)18-16-11-21-8-5-17(16)23-24-18/h1-4,15,21H,5-12H2,(H,22,26)(H,23,24). The average molecular weight is 374 g/mol. The van der Waals surface area contributed by atoms with E-state index in [9.17, 15) is 4.79 Å². The first-order valence-electron chi connectivity index (χ1n) is 9.23. The largest absolute Gasteiger partial charge is 0.348 e. The molecular formula is C19H24ClN5O. The lowest BCUT2D eigenvalue weighted by Crippen LogP contribution is -2.44. The number of likely N-dealkylation sites (tertiary alicyclic amines) is 1. The fourth-order valence-corrected chi connectivity index (χ4v) is 3.88. The number of rotatable bonds is 4. The number of halogens is 1. The van der Waals surface area contributed by atoms with Gasteiger partial charge in [-0.1, -0.05) is 23.7 Å². The van der Waals surface area contributed by atoms with Crippen molar-refractivity contribution in [2.75, 3.05) is 19.6 Å². The highest BCUT2D eigenvalue weighted by Crippen LogP contribution is 2.18. The molecular weight excluding hydrogens is 350 g/mol. The Morgan fingerprint density at radius 1 is 1.27 bits per heavy atom. The molecule has 2 aliphatic rings. The van der Waals surface area contributed by atoms with Gasteiger partial charge in [0.25, 0.3) is 5.91 Å². The van der Waals surface area contributed by atoms with E-state index in [0.717, 1.165) is 61.7 Å². The first-order valence-corrected chi connectivity index (χ1v) is 9.61. The molecule has 3 N–H and O–H groups in total. The third-order valence-electron chi connectivity index (χ3n) is 5.26. The molecule has 1 amide bonds. The topological polar surface area (TPSA) is 73.0 Å². The highest BCUT2D eigenvalue weighted by Gasteiger charge is 2.25. The number of nitrogens with zero attached hydrogens (tertiary/aromatic N) is 2. The zero-order valence-corrected chi connectivity index (χ0v) is 15.5. The van der Waals surface area contributed by atoms with Crippen LogP contribution in [0.5, 0.6) is 0 Å². The molecule has 4 rings (SSSR count). The molecule has 1 aromatic heterocycles. The molecule has 1 fully saturated rings. The summed E-state index contributed by atoms with van der Waals surface area (Å²) in [6.07, 6.45) is 2.83. The Balaban J connectivity index is 1.29. The van der Waals surface area contributed by atoms with Crippen LogP contribution in [-0.4, -0.2) is 46.7 Å². The lowest BCUT2D eigenvalue weighted by atomic mass is 10.0. The lowest BCUT2D eigenvalue weighted by Gasteiger charge is -2.32. The number of amides is 1. The number of nitrogens with one attached hydrogen (secondary N) is 3. The van der Waals surface area contributed by atoms with Crippen LogP contribution in [0.1, 0.15) is 40.2 Å². The molecule has 2 aliphatic heterocycles. The summed E-state index contributed by atoms with van der Waals surface area (Å²) in [6, 6.07) is 8.23. The van der Waals surface area contributed by atoms with Gasteiger partial charge in [0.15, 0.2) is 5.69 Å². The van der Waals surface area contributed by atoms with Gasteiger partial charge in [-0.15, -0.1) is 0 Å². The fourth-order valence-electron chi connectivity index (χ4n) is 3.75. The Morgan fingerprint density at radius 3 is 2.81 bits per heavy atom. The molecule has 138 valence electrons. The molecule has 0 unspecified atom stereocenters.